The molecule has 2 aromatic rings. The van der Waals surface area contributed by atoms with Crippen molar-refractivity contribution in [3.05, 3.63) is 47.4 Å². The van der Waals surface area contributed by atoms with Crippen molar-refractivity contribution in [2.75, 3.05) is 5.32 Å². The number of carbonyl (C=O) groups excluding carboxylic acids is 2. The van der Waals surface area contributed by atoms with E-state index >= 15 is 0 Å². The predicted octanol–water partition coefficient (Wildman–Crippen LogP) is 2.17. The Bertz CT molecular complexity index is 602. The molecule has 18 heavy (non-hydrogen) atoms. The van der Waals surface area contributed by atoms with Crippen molar-refractivity contribution in [3.63, 3.8) is 0 Å². The highest BCUT2D eigenvalue weighted by molar-refractivity contribution is 6.04. The lowest BCUT2D eigenvalue weighted by molar-refractivity contribution is 0.101. The Morgan fingerprint density at radius 1 is 1.33 bits per heavy atom. The number of ketones is 1. The molecule has 1 amide bonds. The molecule has 92 valence electrons. The third-order valence-corrected chi connectivity index (χ3v) is 2.46. The summed E-state index contributed by atoms with van der Waals surface area (Å²) in [5, 5.41) is 2.66. The van der Waals surface area contributed by atoms with Gasteiger partial charge in [0.25, 0.3) is 5.91 Å². The van der Waals surface area contributed by atoms with E-state index in [1.165, 1.54) is 19.2 Å². The zero-order valence-corrected chi connectivity index (χ0v) is 10.2. The largest absolute Gasteiger partial charge is 0.356 e. The molecule has 5 nitrogen and oxygen atoms in total. The first kappa shape index (κ1) is 12.0. The highest BCUT2D eigenvalue weighted by Gasteiger charge is 2.11. The van der Waals surface area contributed by atoms with Gasteiger partial charge in [-0.2, -0.15) is 0 Å². The van der Waals surface area contributed by atoms with Crippen LogP contribution in [-0.2, 0) is 0 Å². The number of amides is 1. The summed E-state index contributed by atoms with van der Waals surface area (Å²) in [5.41, 5.74) is 1.64. The molecule has 0 bridgehead atoms. The predicted molar refractivity (Wildman–Crippen MR) is 67.7 cm³/mol. The highest BCUT2D eigenvalue weighted by Crippen LogP contribution is 2.08. The average Bonchev–Trinajstić information content (AvgIpc) is 2.78. The molecule has 2 N–H and O–H groups in total. The lowest BCUT2D eigenvalue weighted by atomic mass is 10.2. The molecule has 0 aliphatic rings. The Hall–Kier alpha value is -2.43. The van der Waals surface area contributed by atoms with Gasteiger partial charge >= 0.3 is 0 Å². The van der Waals surface area contributed by atoms with Crippen LogP contribution in [0.5, 0.6) is 0 Å². The van der Waals surface area contributed by atoms with E-state index in [1.807, 2.05) is 19.1 Å². The van der Waals surface area contributed by atoms with Crippen LogP contribution in [0.15, 0.2) is 30.5 Å². The van der Waals surface area contributed by atoms with Gasteiger partial charge in [-0.3, -0.25) is 9.59 Å². The second-order valence-corrected chi connectivity index (χ2v) is 3.98. The summed E-state index contributed by atoms with van der Waals surface area (Å²) in [6, 6.07) is 6.89. The van der Waals surface area contributed by atoms with E-state index in [9.17, 15) is 9.59 Å². The number of aromatic amines is 1. The van der Waals surface area contributed by atoms with Gasteiger partial charge in [-0.15, -0.1) is 0 Å². The van der Waals surface area contributed by atoms with Crippen LogP contribution >= 0.6 is 0 Å². The van der Waals surface area contributed by atoms with E-state index in [0.29, 0.717) is 17.1 Å². The van der Waals surface area contributed by atoms with Crippen molar-refractivity contribution in [1.29, 1.82) is 0 Å². The summed E-state index contributed by atoms with van der Waals surface area (Å²) >= 11 is 0. The molecule has 2 rings (SSSR count). The Labute approximate surface area is 104 Å². The molecule has 0 fully saturated rings. The number of nitrogens with one attached hydrogen (secondary N) is 2. The third-order valence-electron chi connectivity index (χ3n) is 2.46. The first-order valence-corrected chi connectivity index (χ1v) is 5.50. The van der Waals surface area contributed by atoms with Crippen LogP contribution in [-0.4, -0.2) is 21.7 Å². The van der Waals surface area contributed by atoms with E-state index in [-0.39, 0.29) is 11.7 Å². The van der Waals surface area contributed by atoms with Crippen LogP contribution < -0.4 is 5.32 Å². The summed E-state index contributed by atoms with van der Waals surface area (Å²) < 4.78 is 0. The number of hydrogen-bond acceptors (Lipinski definition) is 3. The van der Waals surface area contributed by atoms with Gasteiger partial charge in [-0.25, -0.2) is 4.98 Å². The molecule has 0 aliphatic heterocycles. The summed E-state index contributed by atoms with van der Waals surface area (Å²) in [7, 11) is 0. The summed E-state index contributed by atoms with van der Waals surface area (Å²) in [6.07, 6.45) is 1.51. The van der Waals surface area contributed by atoms with Crippen molar-refractivity contribution in [1.82, 2.24) is 9.97 Å². The molecular formula is C13H13N3O2. The minimum Gasteiger partial charge on any atom is -0.356 e. The number of carbonyl (C=O) groups is 2. The van der Waals surface area contributed by atoms with Crippen LogP contribution in [0, 0.1) is 6.92 Å². The number of Topliss-reactive ketones (excluding diaryl/α,β-unsaturated/α-hetero) is 1. The third kappa shape index (κ3) is 2.63. The number of aryl methyl sites for hydroxylation is 1. The van der Waals surface area contributed by atoms with Crippen molar-refractivity contribution in [3.8, 4) is 0 Å². The first-order valence-electron chi connectivity index (χ1n) is 5.50. The summed E-state index contributed by atoms with van der Waals surface area (Å²) in [5.74, 6) is 0.0820. The number of H-pyrrole nitrogens is 1. The monoisotopic (exact) mass is 243 g/mol. The van der Waals surface area contributed by atoms with Gasteiger partial charge in [0.15, 0.2) is 5.78 Å². The molecule has 0 aliphatic carbocycles. The lowest BCUT2D eigenvalue weighted by Gasteiger charge is -2.03. The Kier molecular flexibility index (Phi) is 3.23. The molecule has 0 saturated heterocycles. The van der Waals surface area contributed by atoms with Gasteiger partial charge in [0, 0.05) is 17.5 Å². The van der Waals surface area contributed by atoms with Crippen molar-refractivity contribution < 1.29 is 9.59 Å². The second-order valence-electron chi connectivity index (χ2n) is 3.98. The van der Waals surface area contributed by atoms with Crippen LogP contribution in [0.3, 0.4) is 0 Å². The fourth-order valence-electron chi connectivity index (χ4n) is 1.53. The van der Waals surface area contributed by atoms with E-state index in [0.717, 1.165) is 5.69 Å². The number of pyridine rings is 1. The van der Waals surface area contributed by atoms with Gasteiger partial charge in [0.1, 0.15) is 11.5 Å². The van der Waals surface area contributed by atoms with Gasteiger partial charge in [0.2, 0.25) is 0 Å². The van der Waals surface area contributed by atoms with Crippen LogP contribution in [0.4, 0.5) is 5.82 Å². The summed E-state index contributed by atoms with van der Waals surface area (Å²) in [6.45, 7) is 3.30. The molecule has 0 unspecified atom stereocenters. The minimum atomic E-state index is -0.319. The maximum absolute atomic E-state index is 11.9. The highest BCUT2D eigenvalue weighted by atomic mass is 16.2. The Balaban J connectivity index is 2.14. The molecular weight excluding hydrogens is 230 g/mol. The average molecular weight is 243 g/mol. The number of anilines is 1. The SMILES string of the molecule is CC(=O)c1c[nH]c(C(=O)Nc2cccc(C)n2)c1. The van der Waals surface area contributed by atoms with Crippen molar-refractivity contribution in [2.24, 2.45) is 0 Å². The maximum atomic E-state index is 11.9. The van der Waals surface area contributed by atoms with E-state index in [1.54, 1.807) is 6.07 Å². The quantitative estimate of drug-likeness (QED) is 0.811. The fourth-order valence-corrected chi connectivity index (χ4v) is 1.53. The van der Waals surface area contributed by atoms with Gasteiger partial charge in [-0.05, 0) is 32.0 Å². The van der Waals surface area contributed by atoms with Gasteiger partial charge in [-0.1, -0.05) is 6.07 Å². The molecule has 5 heteroatoms. The smallest absolute Gasteiger partial charge is 0.273 e. The van der Waals surface area contributed by atoms with E-state index < -0.39 is 0 Å². The first-order chi connectivity index (χ1) is 8.56. The topological polar surface area (TPSA) is 74.8 Å². The van der Waals surface area contributed by atoms with Crippen molar-refractivity contribution in [2.45, 2.75) is 13.8 Å². The zero-order chi connectivity index (χ0) is 13.1. The number of hydrogen-bond donors (Lipinski definition) is 2. The van der Waals surface area contributed by atoms with E-state index in [2.05, 4.69) is 15.3 Å². The molecule has 2 heterocycles. The van der Waals surface area contributed by atoms with Crippen LogP contribution in [0.25, 0.3) is 0 Å². The molecule has 2 aromatic heterocycles. The lowest BCUT2D eigenvalue weighted by Crippen LogP contribution is -2.13. The van der Waals surface area contributed by atoms with Crippen LogP contribution in [0.2, 0.25) is 0 Å². The standard InChI is InChI=1S/C13H13N3O2/c1-8-4-3-5-12(15-8)16-13(18)11-6-10(7-14-11)9(2)17/h3-7,14H,1-2H3,(H,15,16,18). The van der Waals surface area contributed by atoms with Gasteiger partial charge in [0.05, 0.1) is 0 Å². The molecule has 0 radical (unpaired) electrons. The molecule has 0 saturated carbocycles. The normalized spacial score (nSPS) is 10.1. The number of nitrogens with zero attached hydrogens (tertiary/aromatic N) is 1. The number of aromatic nitrogens is 2. The van der Waals surface area contributed by atoms with Crippen LogP contribution in [0.1, 0.15) is 33.5 Å². The fraction of sp³-hybridized carbons (Fsp3) is 0.154. The minimum absolute atomic E-state index is 0.0843. The van der Waals surface area contributed by atoms with E-state index in [4.69, 9.17) is 0 Å². The van der Waals surface area contributed by atoms with Gasteiger partial charge < -0.3 is 10.3 Å². The zero-order valence-electron chi connectivity index (χ0n) is 10.2. The Morgan fingerprint density at radius 2 is 2.11 bits per heavy atom. The molecule has 0 atom stereocenters. The molecule has 0 spiro atoms. The summed E-state index contributed by atoms with van der Waals surface area (Å²) in [4.78, 5) is 29.9. The Morgan fingerprint density at radius 3 is 2.72 bits per heavy atom. The van der Waals surface area contributed by atoms with Crippen molar-refractivity contribution >= 4 is 17.5 Å². The maximum Gasteiger partial charge on any atom is 0.273 e. The molecule has 0 aromatic carbocycles. The number of rotatable bonds is 3. The second kappa shape index (κ2) is 4.83.